The summed E-state index contributed by atoms with van der Waals surface area (Å²) in [6.07, 6.45) is 2.75. The van der Waals surface area contributed by atoms with Crippen LogP contribution in [0, 0.1) is 6.92 Å². The molecule has 0 saturated carbocycles. The van der Waals surface area contributed by atoms with Crippen LogP contribution in [-0.4, -0.2) is 15.1 Å². The van der Waals surface area contributed by atoms with Gasteiger partial charge in [-0.05, 0) is 24.4 Å². The minimum atomic E-state index is -0.751. The van der Waals surface area contributed by atoms with Gasteiger partial charge in [0.05, 0.1) is 5.69 Å². The van der Waals surface area contributed by atoms with Crippen molar-refractivity contribution in [2.45, 2.75) is 13.0 Å². The number of aliphatic hydroxyl groups is 1. The van der Waals surface area contributed by atoms with Gasteiger partial charge >= 0.3 is 0 Å². The van der Waals surface area contributed by atoms with E-state index in [-0.39, 0.29) is 0 Å². The van der Waals surface area contributed by atoms with E-state index in [0.717, 1.165) is 22.0 Å². The van der Waals surface area contributed by atoms with Crippen LogP contribution in [0.25, 0.3) is 10.8 Å². The molecule has 1 unspecified atom stereocenters. The Morgan fingerprint density at radius 3 is 2.68 bits per heavy atom. The molecule has 3 aromatic rings. The second-order valence-corrected chi connectivity index (χ2v) is 4.56. The van der Waals surface area contributed by atoms with Crippen LogP contribution in [0.5, 0.6) is 0 Å². The monoisotopic (exact) mass is 250 g/mol. The van der Waals surface area contributed by atoms with E-state index in [1.165, 1.54) is 0 Å². The molecule has 3 nitrogen and oxygen atoms in total. The average Bonchev–Trinajstić information content (AvgIpc) is 2.46. The molecule has 0 aliphatic carbocycles. The first-order valence-electron chi connectivity index (χ1n) is 6.20. The van der Waals surface area contributed by atoms with Gasteiger partial charge in [-0.2, -0.15) is 0 Å². The first-order valence-corrected chi connectivity index (χ1v) is 6.20. The number of hydrogen-bond donors (Lipinski definition) is 1. The molecule has 0 spiro atoms. The predicted octanol–water partition coefficient (Wildman–Crippen LogP) is 3.02. The van der Waals surface area contributed by atoms with E-state index in [4.69, 9.17) is 0 Å². The van der Waals surface area contributed by atoms with Crippen molar-refractivity contribution >= 4 is 10.8 Å². The van der Waals surface area contributed by atoms with Gasteiger partial charge in [0.15, 0.2) is 0 Å². The van der Waals surface area contributed by atoms with Crippen LogP contribution in [0.4, 0.5) is 0 Å². The Bertz CT molecular complexity index is 719. The summed E-state index contributed by atoms with van der Waals surface area (Å²) in [6, 6.07) is 13.6. The normalized spacial score (nSPS) is 12.5. The Hall–Kier alpha value is -2.26. The van der Waals surface area contributed by atoms with Crippen LogP contribution in [0.3, 0.4) is 0 Å². The van der Waals surface area contributed by atoms with E-state index < -0.39 is 6.10 Å². The highest BCUT2D eigenvalue weighted by molar-refractivity contribution is 5.85. The predicted molar refractivity (Wildman–Crippen MR) is 74.8 cm³/mol. The molecule has 2 aromatic heterocycles. The van der Waals surface area contributed by atoms with E-state index in [1.807, 2.05) is 49.4 Å². The van der Waals surface area contributed by atoms with E-state index in [2.05, 4.69) is 9.97 Å². The number of hydrogen-bond acceptors (Lipinski definition) is 3. The molecule has 0 radical (unpaired) electrons. The third kappa shape index (κ3) is 2.20. The van der Waals surface area contributed by atoms with Crippen LogP contribution in [0.2, 0.25) is 0 Å². The fourth-order valence-corrected chi connectivity index (χ4v) is 2.23. The molecule has 2 heterocycles. The van der Waals surface area contributed by atoms with Crippen molar-refractivity contribution < 1.29 is 5.11 Å². The maximum Gasteiger partial charge on any atom is 0.123 e. The fraction of sp³-hybridized carbons (Fsp3) is 0.125. The zero-order valence-electron chi connectivity index (χ0n) is 10.6. The zero-order chi connectivity index (χ0) is 13.2. The maximum atomic E-state index is 10.5. The zero-order valence-corrected chi connectivity index (χ0v) is 10.6. The Balaban J connectivity index is 2.14. The highest BCUT2D eigenvalue weighted by Gasteiger charge is 2.15. The standard InChI is InChI=1S/C16H14N2O/c1-11-5-4-8-15(18-11)16(19)14-10-17-9-12-6-2-3-7-13(12)14/h2-10,16,19H,1H3. The van der Waals surface area contributed by atoms with Crippen molar-refractivity contribution in [3.05, 3.63) is 71.8 Å². The highest BCUT2D eigenvalue weighted by Crippen LogP contribution is 2.26. The number of nitrogens with zero attached hydrogens (tertiary/aromatic N) is 2. The Morgan fingerprint density at radius 1 is 1.00 bits per heavy atom. The van der Waals surface area contributed by atoms with Crippen LogP contribution < -0.4 is 0 Å². The molecule has 1 N–H and O–H groups in total. The summed E-state index contributed by atoms with van der Waals surface area (Å²) < 4.78 is 0. The summed E-state index contributed by atoms with van der Waals surface area (Å²) in [6.45, 7) is 1.91. The lowest BCUT2D eigenvalue weighted by Gasteiger charge is -2.13. The molecule has 94 valence electrons. The Morgan fingerprint density at radius 2 is 1.84 bits per heavy atom. The summed E-state index contributed by atoms with van der Waals surface area (Å²) in [5.74, 6) is 0. The molecule has 0 aliphatic heterocycles. The van der Waals surface area contributed by atoms with Gasteiger partial charge in [0, 0.05) is 29.0 Å². The topological polar surface area (TPSA) is 46.0 Å². The first kappa shape index (κ1) is 11.8. The van der Waals surface area contributed by atoms with Crippen LogP contribution >= 0.6 is 0 Å². The minimum absolute atomic E-state index is 0.651. The van der Waals surface area contributed by atoms with Gasteiger partial charge in [0.1, 0.15) is 6.10 Å². The van der Waals surface area contributed by atoms with Gasteiger partial charge in [-0.15, -0.1) is 0 Å². The van der Waals surface area contributed by atoms with Gasteiger partial charge in [0.2, 0.25) is 0 Å². The summed E-state index contributed by atoms with van der Waals surface area (Å²) >= 11 is 0. The number of aliphatic hydroxyl groups excluding tert-OH is 1. The molecular weight excluding hydrogens is 236 g/mol. The summed E-state index contributed by atoms with van der Waals surface area (Å²) in [4.78, 5) is 8.57. The molecule has 0 fully saturated rings. The summed E-state index contributed by atoms with van der Waals surface area (Å²) in [5, 5.41) is 12.5. The Labute approximate surface area is 111 Å². The molecule has 0 aliphatic rings. The molecule has 1 aromatic carbocycles. The maximum absolute atomic E-state index is 10.5. The number of fused-ring (bicyclic) bond motifs is 1. The average molecular weight is 250 g/mol. The van der Waals surface area contributed by atoms with Crippen molar-refractivity contribution in [3.8, 4) is 0 Å². The van der Waals surface area contributed by atoms with E-state index in [1.54, 1.807) is 12.4 Å². The number of pyridine rings is 2. The largest absolute Gasteiger partial charge is 0.382 e. The molecule has 19 heavy (non-hydrogen) atoms. The van der Waals surface area contributed by atoms with Gasteiger partial charge < -0.3 is 5.11 Å². The molecular formula is C16H14N2O. The molecule has 3 heteroatoms. The van der Waals surface area contributed by atoms with Crippen LogP contribution in [0.1, 0.15) is 23.1 Å². The molecule has 0 amide bonds. The van der Waals surface area contributed by atoms with Gasteiger partial charge in [0.25, 0.3) is 0 Å². The quantitative estimate of drug-likeness (QED) is 0.760. The van der Waals surface area contributed by atoms with Crippen molar-refractivity contribution in [1.29, 1.82) is 0 Å². The second-order valence-electron chi connectivity index (χ2n) is 4.56. The number of aryl methyl sites for hydroxylation is 1. The number of benzene rings is 1. The third-order valence-corrected chi connectivity index (χ3v) is 3.18. The van der Waals surface area contributed by atoms with Crippen molar-refractivity contribution in [2.75, 3.05) is 0 Å². The van der Waals surface area contributed by atoms with Crippen molar-refractivity contribution in [3.63, 3.8) is 0 Å². The third-order valence-electron chi connectivity index (χ3n) is 3.18. The number of rotatable bonds is 2. The van der Waals surface area contributed by atoms with Crippen LogP contribution in [-0.2, 0) is 0 Å². The van der Waals surface area contributed by atoms with Gasteiger partial charge in [-0.1, -0.05) is 30.3 Å². The lowest BCUT2D eigenvalue weighted by Crippen LogP contribution is -2.04. The SMILES string of the molecule is Cc1cccc(C(O)c2cncc3ccccc23)n1. The smallest absolute Gasteiger partial charge is 0.123 e. The summed E-state index contributed by atoms with van der Waals surface area (Å²) in [7, 11) is 0. The number of aromatic nitrogens is 2. The van der Waals surface area contributed by atoms with Crippen LogP contribution in [0.15, 0.2) is 54.9 Å². The lowest BCUT2D eigenvalue weighted by molar-refractivity contribution is 0.216. The molecule has 3 rings (SSSR count). The van der Waals surface area contributed by atoms with E-state index in [9.17, 15) is 5.11 Å². The fourth-order valence-electron chi connectivity index (χ4n) is 2.23. The second kappa shape index (κ2) is 4.78. The summed E-state index contributed by atoms with van der Waals surface area (Å²) in [5.41, 5.74) is 2.33. The van der Waals surface area contributed by atoms with Crippen molar-refractivity contribution in [1.82, 2.24) is 9.97 Å². The highest BCUT2D eigenvalue weighted by atomic mass is 16.3. The minimum Gasteiger partial charge on any atom is -0.382 e. The van der Waals surface area contributed by atoms with E-state index in [0.29, 0.717) is 5.69 Å². The van der Waals surface area contributed by atoms with Gasteiger partial charge in [-0.3, -0.25) is 9.97 Å². The lowest BCUT2D eigenvalue weighted by atomic mass is 10.0. The molecule has 1 atom stereocenters. The molecule has 0 bridgehead atoms. The Kier molecular flexibility index (Phi) is 2.97. The van der Waals surface area contributed by atoms with E-state index >= 15 is 0 Å². The van der Waals surface area contributed by atoms with Crippen molar-refractivity contribution in [2.24, 2.45) is 0 Å². The first-order chi connectivity index (χ1) is 9.25. The van der Waals surface area contributed by atoms with Gasteiger partial charge in [-0.25, -0.2) is 0 Å². The molecule has 0 saturated heterocycles.